The Hall–Kier alpha value is -3.22. The Labute approximate surface area is 137 Å². The number of anilines is 1. The summed E-state index contributed by atoms with van der Waals surface area (Å²) in [6, 6.07) is 11.6. The first kappa shape index (κ1) is 17.1. The average molecular weight is 331 g/mol. The molecule has 0 saturated carbocycles. The third-order valence-corrected chi connectivity index (χ3v) is 2.88. The number of hydrogen-bond donors (Lipinski definition) is 1. The molecule has 0 unspecified atom stereocenters. The maximum Gasteiger partial charge on any atom is 0.344 e. The van der Waals surface area contributed by atoms with Gasteiger partial charge in [-0.25, -0.2) is 9.18 Å². The van der Waals surface area contributed by atoms with Gasteiger partial charge in [0.05, 0.1) is 5.56 Å². The van der Waals surface area contributed by atoms with Gasteiger partial charge in [0.15, 0.2) is 19.5 Å². The van der Waals surface area contributed by atoms with Crippen LogP contribution in [0.1, 0.15) is 10.4 Å². The number of benzene rings is 2. The molecule has 6 nitrogen and oxygen atoms in total. The van der Waals surface area contributed by atoms with Crippen LogP contribution in [0.5, 0.6) is 5.75 Å². The third kappa shape index (κ3) is 5.20. The molecule has 2 aromatic carbocycles. The molecule has 0 aliphatic heterocycles. The topological polar surface area (TPSA) is 81.7 Å². The van der Waals surface area contributed by atoms with Crippen LogP contribution in [0.3, 0.4) is 0 Å². The lowest BCUT2D eigenvalue weighted by atomic mass is 10.2. The molecule has 2 rings (SSSR count). The predicted octanol–water partition coefficient (Wildman–Crippen LogP) is 2.20. The molecule has 1 amide bonds. The summed E-state index contributed by atoms with van der Waals surface area (Å²) in [5.41, 5.74) is 0.688. The van der Waals surface area contributed by atoms with Crippen LogP contribution in [-0.4, -0.2) is 31.4 Å². The van der Waals surface area contributed by atoms with Crippen LogP contribution in [0.25, 0.3) is 0 Å². The second-order valence-electron chi connectivity index (χ2n) is 4.66. The van der Waals surface area contributed by atoms with E-state index in [0.29, 0.717) is 17.5 Å². The molecule has 0 bridgehead atoms. The Bertz CT molecular complexity index is 730. The van der Waals surface area contributed by atoms with Crippen molar-refractivity contribution in [2.45, 2.75) is 0 Å². The van der Waals surface area contributed by atoms with E-state index in [1.165, 1.54) is 30.3 Å². The van der Waals surface area contributed by atoms with Crippen molar-refractivity contribution in [2.24, 2.45) is 0 Å². The van der Waals surface area contributed by atoms with Gasteiger partial charge in [0, 0.05) is 5.69 Å². The number of aldehydes is 1. The smallest absolute Gasteiger partial charge is 0.344 e. The largest absolute Gasteiger partial charge is 0.481 e. The molecule has 0 fully saturated rings. The summed E-state index contributed by atoms with van der Waals surface area (Å²) in [6.07, 6.45) is 0.608. The minimum atomic E-state index is -0.759. The number of nitrogens with one attached hydrogen (secondary N) is 1. The minimum Gasteiger partial charge on any atom is -0.481 e. The highest BCUT2D eigenvalue weighted by Gasteiger charge is 2.10. The van der Waals surface area contributed by atoms with Crippen LogP contribution in [0, 0.1) is 5.82 Å². The maximum absolute atomic E-state index is 12.7. The summed E-state index contributed by atoms with van der Waals surface area (Å²) >= 11 is 0. The number of ether oxygens (including phenoxy) is 2. The summed E-state index contributed by atoms with van der Waals surface area (Å²) in [6.45, 7) is -0.941. The molecule has 0 heterocycles. The molecule has 7 heteroatoms. The van der Waals surface area contributed by atoms with Crippen molar-refractivity contribution in [1.29, 1.82) is 0 Å². The Kier molecular flexibility index (Phi) is 6.01. The van der Waals surface area contributed by atoms with Gasteiger partial charge in [0.2, 0.25) is 0 Å². The lowest BCUT2D eigenvalue weighted by molar-refractivity contribution is -0.149. The average Bonchev–Trinajstić information content (AvgIpc) is 2.60. The van der Waals surface area contributed by atoms with Crippen molar-refractivity contribution in [2.75, 3.05) is 18.5 Å². The highest BCUT2D eigenvalue weighted by molar-refractivity contribution is 5.92. The molecular formula is C17H14FNO5. The van der Waals surface area contributed by atoms with Gasteiger partial charge in [-0.1, -0.05) is 12.1 Å². The fourth-order valence-electron chi connectivity index (χ4n) is 1.76. The lowest BCUT2D eigenvalue weighted by Gasteiger charge is -2.09. The number of amides is 1. The first-order valence-electron chi connectivity index (χ1n) is 6.96. The van der Waals surface area contributed by atoms with Gasteiger partial charge in [-0.3, -0.25) is 9.59 Å². The van der Waals surface area contributed by atoms with E-state index in [0.717, 1.165) is 0 Å². The molecular weight excluding hydrogens is 317 g/mol. The fraction of sp³-hybridized carbons (Fsp3) is 0.118. The number of carbonyl (C=O) groups excluding carboxylic acids is 3. The van der Waals surface area contributed by atoms with Gasteiger partial charge in [-0.05, 0) is 36.4 Å². The maximum atomic E-state index is 12.7. The van der Waals surface area contributed by atoms with E-state index in [-0.39, 0.29) is 5.75 Å². The number of hydrogen-bond acceptors (Lipinski definition) is 5. The Morgan fingerprint density at radius 3 is 2.46 bits per heavy atom. The van der Waals surface area contributed by atoms with Gasteiger partial charge in [-0.2, -0.15) is 0 Å². The number of halogens is 1. The van der Waals surface area contributed by atoms with Gasteiger partial charge in [0.25, 0.3) is 5.91 Å². The Morgan fingerprint density at radius 2 is 1.75 bits per heavy atom. The monoisotopic (exact) mass is 331 g/mol. The van der Waals surface area contributed by atoms with Crippen LogP contribution in [0.15, 0.2) is 48.5 Å². The molecule has 0 saturated heterocycles. The third-order valence-electron chi connectivity index (χ3n) is 2.88. The molecule has 1 N–H and O–H groups in total. The second kappa shape index (κ2) is 8.42. The van der Waals surface area contributed by atoms with Crippen LogP contribution in [0.4, 0.5) is 10.1 Å². The highest BCUT2D eigenvalue weighted by atomic mass is 19.1. The molecule has 0 aliphatic carbocycles. The zero-order chi connectivity index (χ0) is 17.4. The predicted molar refractivity (Wildman–Crippen MR) is 83.3 cm³/mol. The van der Waals surface area contributed by atoms with Gasteiger partial charge in [-0.15, -0.1) is 0 Å². The molecule has 0 aliphatic rings. The first-order chi connectivity index (χ1) is 11.6. The second-order valence-corrected chi connectivity index (χ2v) is 4.66. The van der Waals surface area contributed by atoms with E-state index in [4.69, 9.17) is 9.47 Å². The number of esters is 1. The summed E-state index contributed by atoms with van der Waals surface area (Å²) in [5, 5.41) is 2.45. The van der Waals surface area contributed by atoms with Crippen molar-refractivity contribution in [1.82, 2.24) is 0 Å². The number of carbonyl (C=O) groups is 3. The highest BCUT2D eigenvalue weighted by Crippen LogP contribution is 2.15. The number of para-hydroxylation sites is 1. The van der Waals surface area contributed by atoms with Crippen molar-refractivity contribution >= 4 is 23.9 Å². The van der Waals surface area contributed by atoms with E-state index < -0.39 is 30.9 Å². The fourth-order valence-corrected chi connectivity index (χ4v) is 1.76. The normalized spacial score (nSPS) is 9.88. The Morgan fingerprint density at radius 1 is 1.04 bits per heavy atom. The zero-order valence-electron chi connectivity index (χ0n) is 12.5. The molecule has 24 heavy (non-hydrogen) atoms. The standard InChI is InChI=1S/C17H14FNO5/c18-13-5-7-14(8-6-13)19-16(21)10-24-17(22)11-23-15-4-2-1-3-12(15)9-20/h1-9H,10-11H2,(H,19,21). The van der Waals surface area contributed by atoms with E-state index in [9.17, 15) is 18.8 Å². The summed E-state index contributed by atoms with van der Waals surface area (Å²) in [4.78, 5) is 34.0. The molecule has 0 aromatic heterocycles. The Balaban J connectivity index is 1.75. The molecule has 0 spiro atoms. The van der Waals surface area contributed by atoms with Crippen LogP contribution in [-0.2, 0) is 14.3 Å². The lowest BCUT2D eigenvalue weighted by Crippen LogP contribution is -2.23. The van der Waals surface area contributed by atoms with Gasteiger partial charge < -0.3 is 14.8 Å². The summed E-state index contributed by atoms with van der Waals surface area (Å²) in [5.74, 6) is -1.50. The number of rotatable bonds is 7. The van der Waals surface area contributed by atoms with Crippen molar-refractivity contribution in [3.63, 3.8) is 0 Å². The van der Waals surface area contributed by atoms with E-state index in [1.54, 1.807) is 18.2 Å². The molecule has 2 aromatic rings. The van der Waals surface area contributed by atoms with Crippen molar-refractivity contribution in [3.05, 3.63) is 59.9 Å². The summed E-state index contributed by atoms with van der Waals surface area (Å²) in [7, 11) is 0. The zero-order valence-corrected chi connectivity index (χ0v) is 12.5. The first-order valence-corrected chi connectivity index (χ1v) is 6.96. The van der Waals surface area contributed by atoms with E-state index in [2.05, 4.69) is 5.32 Å². The van der Waals surface area contributed by atoms with Crippen LogP contribution in [0.2, 0.25) is 0 Å². The molecule has 0 radical (unpaired) electrons. The quantitative estimate of drug-likeness (QED) is 0.621. The van der Waals surface area contributed by atoms with Crippen LogP contribution >= 0.6 is 0 Å². The SMILES string of the molecule is O=Cc1ccccc1OCC(=O)OCC(=O)Nc1ccc(F)cc1. The summed E-state index contributed by atoms with van der Waals surface area (Å²) < 4.78 is 22.7. The van der Waals surface area contributed by atoms with Gasteiger partial charge >= 0.3 is 5.97 Å². The molecule has 0 atom stereocenters. The minimum absolute atomic E-state index is 0.250. The van der Waals surface area contributed by atoms with E-state index >= 15 is 0 Å². The van der Waals surface area contributed by atoms with E-state index in [1.807, 2.05) is 0 Å². The van der Waals surface area contributed by atoms with Crippen molar-refractivity contribution < 1.29 is 28.2 Å². The van der Waals surface area contributed by atoms with Crippen molar-refractivity contribution in [3.8, 4) is 5.75 Å². The van der Waals surface area contributed by atoms with Gasteiger partial charge in [0.1, 0.15) is 11.6 Å². The van der Waals surface area contributed by atoms with Crippen LogP contribution < -0.4 is 10.1 Å². The molecule has 124 valence electrons.